The first-order valence-electron chi connectivity index (χ1n) is 9.01. The molecule has 3 rings (SSSR count). The van der Waals surface area contributed by atoms with E-state index in [1.165, 1.54) is 7.11 Å². The fraction of sp³-hybridized carbons (Fsp3) is 0.400. The van der Waals surface area contributed by atoms with E-state index in [-0.39, 0.29) is 10.8 Å². The average molecular weight is 409 g/mol. The molecule has 1 saturated heterocycles. The van der Waals surface area contributed by atoms with Crippen molar-refractivity contribution in [3.63, 3.8) is 0 Å². The Bertz CT molecular complexity index is 890. The predicted octanol–water partition coefficient (Wildman–Crippen LogP) is 3.98. The first-order chi connectivity index (χ1) is 12.8. The molecule has 0 atom stereocenters. The summed E-state index contributed by atoms with van der Waals surface area (Å²) in [6.45, 7) is 6.21. The summed E-state index contributed by atoms with van der Waals surface area (Å²) in [5.41, 5.74) is 2.03. The number of anilines is 1. The van der Waals surface area contributed by atoms with Gasteiger partial charge in [0, 0.05) is 36.9 Å². The minimum Gasteiger partial charge on any atom is -0.495 e. The standard InChI is InChI=1S/C20H25ClN2O3S/c1-15(2)16-4-9-19(26-3)20(14-16)27(24,25)23-12-10-22(11-13-23)18-7-5-17(21)6-8-18/h4-9,14-15H,10-13H2,1-3H3. The number of ether oxygens (including phenoxy) is 1. The first kappa shape index (κ1) is 20.0. The third-order valence-corrected chi connectivity index (χ3v) is 7.07. The van der Waals surface area contributed by atoms with Crippen molar-refractivity contribution >= 4 is 27.3 Å². The summed E-state index contributed by atoms with van der Waals surface area (Å²) in [5.74, 6) is 0.631. The Morgan fingerprint density at radius 3 is 2.19 bits per heavy atom. The van der Waals surface area contributed by atoms with Crippen LogP contribution in [-0.2, 0) is 10.0 Å². The molecular formula is C20H25ClN2O3S. The zero-order valence-electron chi connectivity index (χ0n) is 15.9. The summed E-state index contributed by atoms with van der Waals surface area (Å²) in [5, 5.41) is 0.692. The van der Waals surface area contributed by atoms with E-state index in [0.717, 1.165) is 11.3 Å². The van der Waals surface area contributed by atoms with E-state index in [1.54, 1.807) is 16.4 Å². The Balaban J connectivity index is 1.81. The Morgan fingerprint density at radius 2 is 1.63 bits per heavy atom. The van der Waals surface area contributed by atoms with Crippen LogP contribution in [0.1, 0.15) is 25.3 Å². The van der Waals surface area contributed by atoms with E-state index in [9.17, 15) is 8.42 Å². The summed E-state index contributed by atoms with van der Waals surface area (Å²) in [6, 6.07) is 13.0. The maximum atomic E-state index is 13.2. The lowest BCUT2D eigenvalue weighted by molar-refractivity contribution is 0.374. The number of piperazine rings is 1. The number of halogens is 1. The maximum absolute atomic E-state index is 13.2. The van der Waals surface area contributed by atoms with Gasteiger partial charge in [-0.05, 0) is 47.9 Å². The van der Waals surface area contributed by atoms with Gasteiger partial charge in [-0.1, -0.05) is 31.5 Å². The molecule has 146 valence electrons. The van der Waals surface area contributed by atoms with Crippen LogP contribution < -0.4 is 9.64 Å². The molecule has 7 heteroatoms. The molecule has 0 aliphatic carbocycles. The van der Waals surface area contributed by atoms with Crippen LogP contribution in [0.2, 0.25) is 5.02 Å². The van der Waals surface area contributed by atoms with Crippen molar-refractivity contribution in [2.45, 2.75) is 24.7 Å². The molecule has 0 N–H and O–H groups in total. The molecule has 27 heavy (non-hydrogen) atoms. The molecule has 1 heterocycles. The lowest BCUT2D eigenvalue weighted by atomic mass is 10.0. The van der Waals surface area contributed by atoms with Crippen molar-refractivity contribution in [1.29, 1.82) is 0 Å². The van der Waals surface area contributed by atoms with Crippen molar-refractivity contribution in [3.8, 4) is 5.75 Å². The van der Waals surface area contributed by atoms with Crippen molar-refractivity contribution < 1.29 is 13.2 Å². The Hall–Kier alpha value is -1.76. The van der Waals surface area contributed by atoms with Crippen LogP contribution >= 0.6 is 11.6 Å². The van der Waals surface area contributed by atoms with Gasteiger partial charge in [-0.15, -0.1) is 0 Å². The van der Waals surface area contributed by atoms with Crippen molar-refractivity contribution in [1.82, 2.24) is 4.31 Å². The Labute approximate surface area is 166 Å². The predicted molar refractivity (Wildman–Crippen MR) is 110 cm³/mol. The lowest BCUT2D eigenvalue weighted by Crippen LogP contribution is -2.48. The molecule has 0 unspecified atom stereocenters. The number of hydrogen-bond donors (Lipinski definition) is 0. The average Bonchev–Trinajstić information content (AvgIpc) is 2.68. The van der Waals surface area contributed by atoms with Crippen LogP contribution in [0.4, 0.5) is 5.69 Å². The highest BCUT2D eigenvalue weighted by molar-refractivity contribution is 7.89. The lowest BCUT2D eigenvalue weighted by Gasteiger charge is -2.35. The van der Waals surface area contributed by atoms with Gasteiger partial charge in [-0.2, -0.15) is 4.31 Å². The van der Waals surface area contributed by atoms with Crippen LogP contribution in [0.25, 0.3) is 0 Å². The molecule has 2 aromatic rings. The second-order valence-electron chi connectivity index (χ2n) is 6.93. The van der Waals surface area contributed by atoms with Crippen LogP contribution in [0.5, 0.6) is 5.75 Å². The highest BCUT2D eigenvalue weighted by Gasteiger charge is 2.31. The molecule has 2 aromatic carbocycles. The van der Waals surface area contributed by atoms with Gasteiger partial charge in [0.15, 0.2) is 0 Å². The summed E-state index contributed by atoms with van der Waals surface area (Å²) in [4.78, 5) is 2.42. The Kier molecular flexibility index (Phi) is 5.99. The third-order valence-electron chi connectivity index (χ3n) is 4.90. The van der Waals surface area contributed by atoms with Gasteiger partial charge in [0.05, 0.1) is 7.11 Å². The smallest absolute Gasteiger partial charge is 0.246 e. The molecular weight excluding hydrogens is 384 g/mol. The van der Waals surface area contributed by atoms with Gasteiger partial charge in [0.1, 0.15) is 10.6 Å². The van der Waals surface area contributed by atoms with Crippen LogP contribution in [0.3, 0.4) is 0 Å². The quantitative estimate of drug-likeness (QED) is 0.750. The summed E-state index contributed by atoms with van der Waals surface area (Å²) in [7, 11) is -2.11. The maximum Gasteiger partial charge on any atom is 0.246 e. The zero-order valence-corrected chi connectivity index (χ0v) is 17.4. The zero-order chi connectivity index (χ0) is 19.6. The first-order valence-corrected chi connectivity index (χ1v) is 10.8. The number of methoxy groups -OCH3 is 1. The summed E-state index contributed by atoms with van der Waals surface area (Å²) >= 11 is 5.95. The fourth-order valence-corrected chi connectivity index (χ4v) is 4.97. The molecule has 0 aromatic heterocycles. The van der Waals surface area contributed by atoms with Gasteiger partial charge in [-0.25, -0.2) is 8.42 Å². The number of nitrogens with zero attached hydrogens (tertiary/aromatic N) is 2. The number of rotatable bonds is 5. The van der Waals surface area contributed by atoms with E-state index in [2.05, 4.69) is 4.90 Å². The van der Waals surface area contributed by atoms with E-state index < -0.39 is 10.0 Å². The Morgan fingerprint density at radius 1 is 1.00 bits per heavy atom. The van der Waals surface area contributed by atoms with Crippen LogP contribution in [-0.4, -0.2) is 46.0 Å². The summed E-state index contributed by atoms with van der Waals surface area (Å²) in [6.07, 6.45) is 0. The molecule has 0 bridgehead atoms. The highest BCUT2D eigenvalue weighted by Crippen LogP contribution is 2.31. The van der Waals surface area contributed by atoms with Crippen LogP contribution in [0, 0.1) is 0 Å². The van der Waals surface area contributed by atoms with Gasteiger partial charge >= 0.3 is 0 Å². The fourth-order valence-electron chi connectivity index (χ4n) is 3.23. The molecule has 1 fully saturated rings. The second-order valence-corrected chi connectivity index (χ2v) is 9.28. The largest absolute Gasteiger partial charge is 0.495 e. The SMILES string of the molecule is COc1ccc(C(C)C)cc1S(=O)(=O)N1CCN(c2ccc(Cl)cc2)CC1. The number of benzene rings is 2. The molecule has 0 saturated carbocycles. The molecule has 1 aliphatic heterocycles. The second kappa shape index (κ2) is 8.09. The van der Waals surface area contributed by atoms with Gasteiger partial charge in [0.2, 0.25) is 10.0 Å². The number of sulfonamides is 1. The van der Waals surface area contributed by atoms with E-state index in [0.29, 0.717) is 37.0 Å². The van der Waals surface area contributed by atoms with Gasteiger partial charge in [0.25, 0.3) is 0 Å². The highest BCUT2D eigenvalue weighted by atomic mass is 35.5. The third kappa shape index (κ3) is 4.23. The minimum atomic E-state index is -3.61. The molecule has 0 radical (unpaired) electrons. The van der Waals surface area contributed by atoms with E-state index in [1.807, 2.05) is 44.2 Å². The number of hydrogen-bond acceptors (Lipinski definition) is 4. The van der Waals surface area contributed by atoms with Crippen molar-refractivity contribution in [2.75, 3.05) is 38.2 Å². The monoisotopic (exact) mass is 408 g/mol. The molecule has 0 amide bonds. The van der Waals surface area contributed by atoms with Crippen molar-refractivity contribution in [2.24, 2.45) is 0 Å². The molecule has 5 nitrogen and oxygen atoms in total. The minimum absolute atomic E-state index is 0.242. The summed E-state index contributed by atoms with van der Waals surface area (Å²) < 4.78 is 33.4. The van der Waals surface area contributed by atoms with Crippen LogP contribution in [0.15, 0.2) is 47.4 Å². The van der Waals surface area contributed by atoms with Crippen molar-refractivity contribution in [3.05, 3.63) is 53.1 Å². The van der Waals surface area contributed by atoms with E-state index >= 15 is 0 Å². The van der Waals surface area contributed by atoms with Gasteiger partial charge < -0.3 is 9.64 Å². The normalized spacial score (nSPS) is 16.0. The molecule has 1 aliphatic rings. The molecule has 0 spiro atoms. The topological polar surface area (TPSA) is 49.9 Å². The van der Waals surface area contributed by atoms with Gasteiger partial charge in [-0.3, -0.25) is 0 Å². The van der Waals surface area contributed by atoms with E-state index in [4.69, 9.17) is 16.3 Å².